The number of hydrogen-bond acceptors (Lipinski definition) is 6. The Kier molecular flexibility index (Phi) is 5.55. The molecule has 1 aromatic heterocycles. The normalized spacial score (nSPS) is 11.5. The number of carboxylic acid groups (broad SMARTS) is 1. The Morgan fingerprint density at radius 1 is 1.24 bits per heavy atom. The molecule has 134 valence electrons. The number of aromatic nitrogens is 1. The molecular formula is C15H17N3O5S2. The third-order valence-corrected chi connectivity index (χ3v) is 6.22. The molecule has 25 heavy (non-hydrogen) atoms. The molecule has 0 unspecified atom stereocenters. The number of carbonyl (C=O) groups excluding carboxylic acids is 1. The Labute approximate surface area is 149 Å². The predicted octanol–water partition coefficient (Wildman–Crippen LogP) is 1.58. The standard InChI is InChI=1S/C15H17N3O5S2/c1-9-12(8-13(19)20)24-15(16-9)17-14(21)10-4-6-11(7-5-10)25(22,23)18(2)3/h4-7H,8H2,1-3H3,(H,19,20)(H,16,17,21). The number of hydrogen-bond donors (Lipinski definition) is 2. The summed E-state index contributed by atoms with van der Waals surface area (Å²) in [6.45, 7) is 1.67. The number of amides is 1. The molecule has 1 aromatic carbocycles. The molecule has 2 N–H and O–H groups in total. The lowest BCUT2D eigenvalue weighted by molar-refractivity contribution is -0.136. The van der Waals surface area contributed by atoms with Crippen LogP contribution in [0.5, 0.6) is 0 Å². The van der Waals surface area contributed by atoms with Gasteiger partial charge in [-0.05, 0) is 31.2 Å². The summed E-state index contributed by atoms with van der Waals surface area (Å²) < 4.78 is 25.1. The highest BCUT2D eigenvalue weighted by Crippen LogP contribution is 2.24. The Balaban J connectivity index is 2.15. The van der Waals surface area contributed by atoms with Crippen molar-refractivity contribution in [3.8, 4) is 0 Å². The zero-order valence-electron chi connectivity index (χ0n) is 13.8. The van der Waals surface area contributed by atoms with Gasteiger partial charge in [0, 0.05) is 24.5 Å². The second-order valence-corrected chi connectivity index (χ2v) is 8.60. The minimum atomic E-state index is -3.56. The summed E-state index contributed by atoms with van der Waals surface area (Å²) in [7, 11) is -0.704. The largest absolute Gasteiger partial charge is 0.481 e. The molecule has 0 bridgehead atoms. The molecule has 1 amide bonds. The van der Waals surface area contributed by atoms with Gasteiger partial charge in [0.25, 0.3) is 5.91 Å². The Hall–Kier alpha value is -2.30. The highest BCUT2D eigenvalue weighted by atomic mass is 32.2. The van der Waals surface area contributed by atoms with E-state index < -0.39 is 21.9 Å². The van der Waals surface area contributed by atoms with E-state index in [1.54, 1.807) is 6.92 Å². The Morgan fingerprint density at radius 2 is 1.84 bits per heavy atom. The molecule has 10 heteroatoms. The first kappa shape index (κ1) is 19.0. The number of anilines is 1. The number of nitrogens with zero attached hydrogens (tertiary/aromatic N) is 2. The van der Waals surface area contributed by atoms with E-state index in [1.807, 2.05) is 0 Å². The fraction of sp³-hybridized carbons (Fsp3) is 0.267. The number of benzene rings is 1. The zero-order valence-corrected chi connectivity index (χ0v) is 15.4. The highest BCUT2D eigenvalue weighted by Gasteiger charge is 2.18. The van der Waals surface area contributed by atoms with Gasteiger partial charge in [-0.3, -0.25) is 14.9 Å². The number of nitrogens with one attached hydrogen (secondary N) is 1. The van der Waals surface area contributed by atoms with Crippen LogP contribution in [0.15, 0.2) is 29.2 Å². The predicted molar refractivity (Wildman–Crippen MR) is 93.5 cm³/mol. The third-order valence-electron chi connectivity index (χ3n) is 3.32. The van der Waals surface area contributed by atoms with Crippen LogP contribution < -0.4 is 5.32 Å². The van der Waals surface area contributed by atoms with Crippen molar-refractivity contribution in [3.05, 3.63) is 40.4 Å². The molecule has 0 atom stereocenters. The van der Waals surface area contributed by atoms with Crippen LogP contribution >= 0.6 is 11.3 Å². The van der Waals surface area contributed by atoms with Crippen LogP contribution in [0.3, 0.4) is 0 Å². The van der Waals surface area contributed by atoms with E-state index in [4.69, 9.17) is 5.11 Å². The highest BCUT2D eigenvalue weighted by molar-refractivity contribution is 7.89. The van der Waals surface area contributed by atoms with Gasteiger partial charge in [0.2, 0.25) is 10.0 Å². The molecule has 8 nitrogen and oxygen atoms in total. The molecule has 2 aromatic rings. The number of sulfonamides is 1. The topological polar surface area (TPSA) is 117 Å². The van der Waals surface area contributed by atoms with E-state index >= 15 is 0 Å². The minimum Gasteiger partial charge on any atom is -0.481 e. The maximum atomic E-state index is 12.2. The third kappa shape index (κ3) is 4.41. The second-order valence-electron chi connectivity index (χ2n) is 5.36. The van der Waals surface area contributed by atoms with Gasteiger partial charge >= 0.3 is 5.97 Å². The molecule has 0 spiro atoms. The fourth-order valence-electron chi connectivity index (χ4n) is 1.94. The van der Waals surface area contributed by atoms with E-state index in [0.29, 0.717) is 15.7 Å². The van der Waals surface area contributed by atoms with Gasteiger partial charge in [0.15, 0.2) is 5.13 Å². The van der Waals surface area contributed by atoms with Crippen molar-refractivity contribution in [2.24, 2.45) is 0 Å². The van der Waals surface area contributed by atoms with Crippen LogP contribution in [0, 0.1) is 6.92 Å². The van der Waals surface area contributed by atoms with Crippen LogP contribution in [-0.4, -0.2) is 48.8 Å². The lowest BCUT2D eigenvalue weighted by Gasteiger charge is -2.11. The van der Waals surface area contributed by atoms with E-state index in [1.165, 1.54) is 38.4 Å². The SMILES string of the molecule is Cc1nc(NC(=O)c2ccc(S(=O)(=O)N(C)C)cc2)sc1CC(=O)O. The summed E-state index contributed by atoms with van der Waals surface area (Å²) in [5.74, 6) is -1.42. The van der Waals surface area contributed by atoms with Crippen LogP contribution in [0.1, 0.15) is 20.9 Å². The van der Waals surface area contributed by atoms with E-state index in [9.17, 15) is 18.0 Å². The van der Waals surface area contributed by atoms with Crippen LogP contribution in [0.2, 0.25) is 0 Å². The van der Waals surface area contributed by atoms with Crippen molar-refractivity contribution >= 4 is 38.4 Å². The van der Waals surface area contributed by atoms with Gasteiger partial charge < -0.3 is 5.11 Å². The van der Waals surface area contributed by atoms with Crippen molar-refractivity contribution in [2.75, 3.05) is 19.4 Å². The Morgan fingerprint density at radius 3 is 2.36 bits per heavy atom. The summed E-state index contributed by atoms with van der Waals surface area (Å²) in [4.78, 5) is 27.8. The van der Waals surface area contributed by atoms with Crippen LogP contribution in [0.4, 0.5) is 5.13 Å². The maximum absolute atomic E-state index is 12.2. The summed E-state index contributed by atoms with van der Waals surface area (Å²) in [5.41, 5.74) is 0.820. The van der Waals surface area contributed by atoms with E-state index in [-0.39, 0.29) is 16.9 Å². The first-order chi connectivity index (χ1) is 11.6. The first-order valence-corrected chi connectivity index (χ1v) is 9.39. The zero-order chi connectivity index (χ0) is 18.8. The molecular weight excluding hydrogens is 366 g/mol. The molecule has 0 aliphatic carbocycles. The Bertz CT molecular complexity index is 902. The number of thiazole rings is 1. The summed E-state index contributed by atoms with van der Waals surface area (Å²) in [6.07, 6.45) is -0.156. The van der Waals surface area contributed by atoms with Gasteiger partial charge in [-0.1, -0.05) is 0 Å². The molecule has 0 aliphatic heterocycles. The molecule has 2 rings (SSSR count). The summed E-state index contributed by atoms with van der Waals surface area (Å²) >= 11 is 1.10. The molecule has 1 heterocycles. The van der Waals surface area contributed by atoms with Gasteiger partial charge in [0.1, 0.15) is 0 Å². The van der Waals surface area contributed by atoms with Crippen molar-refractivity contribution in [1.29, 1.82) is 0 Å². The first-order valence-electron chi connectivity index (χ1n) is 7.13. The van der Waals surface area contributed by atoms with Gasteiger partial charge in [-0.2, -0.15) is 0 Å². The number of carbonyl (C=O) groups is 2. The monoisotopic (exact) mass is 383 g/mol. The van der Waals surface area contributed by atoms with Crippen molar-refractivity contribution in [1.82, 2.24) is 9.29 Å². The van der Waals surface area contributed by atoms with Crippen molar-refractivity contribution in [3.63, 3.8) is 0 Å². The smallest absolute Gasteiger partial charge is 0.308 e. The fourth-order valence-corrected chi connectivity index (χ4v) is 3.79. The molecule has 0 aliphatic rings. The average Bonchev–Trinajstić information content (AvgIpc) is 2.86. The van der Waals surface area contributed by atoms with E-state index in [2.05, 4.69) is 10.3 Å². The van der Waals surface area contributed by atoms with Crippen LogP contribution in [-0.2, 0) is 21.2 Å². The number of carboxylic acids is 1. The van der Waals surface area contributed by atoms with Crippen LogP contribution in [0.25, 0.3) is 0 Å². The maximum Gasteiger partial charge on any atom is 0.308 e. The van der Waals surface area contributed by atoms with Crippen molar-refractivity contribution in [2.45, 2.75) is 18.2 Å². The molecule has 0 saturated heterocycles. The molecule has 0 saturated carbocycles. The van der Waals surface area contributed by atoms with Gasteiger partial charge in [-0.15, -0.1) is 11.3 Å². The second kappa shape index (κ2) is 7.30. The lowest BCUT2D eigenvalue weighted by Crippen LogP contribution is -2.22. The summed E-state index contributed by atoms with van der Waals surface area (Å²) in [5, 5.41) is 11.7. The number of aryl methyl sites for hydroxylation is 1. The van der Waals surface area contributed by atoms with Gasteiger partial charge in [0.05, 0.1) is 17.0 Å². The average molecular weight is 383 g/mol. The molecule has 0 fully saturated rings. The van der Waals surface area contributed by atoms with Gasteiger partial charge in [-0.25, -0.2) is 17.7 Å². The summed E-state index contributed by atoms with van der Waals surface area (Å²) in [6, 6.07) is 5.52. The number of aliphatic carboxylic acids is 1. The van der Waals surface area contributed by atoms with Crippen molar-refractivity contribution < 1.29 is 23.1 Å². The minimum absolute atomic E-state index is 0.0860. The molecule has 0 radical (unpaired) electrons. The quantitative estimate of drug-likeness (QED) is 0.782. The number of rotatable bonds is 6. The van der Waals surface area contributed by atoms with E-state index in [0.717, 1.165) is 15.6 Å². The lowest BCUT2D eigenvalue weighted by atomic mass is 10.2.